The number of nitrogens with zero attached hydrogens (tertiary/aromatic N) is 4. The molecule has 0 bridgehead atoms. The summed E-state index contributed by atoms with van der Waals surface area (Å²) in [5.41, 5.74) is 4.42. The van der Waals surface area contributed by atoms with Gasteiger partial charge in [0, 0.05) is 24.6 Å². The molecule has 6 nitrogen and oxygen atoms in total. The van der Waals surface area contributed by atoms with Crippen molar-refractivity contribution in [2.75, 3.05) is 5.32 Å². The van der Waals surface area contributed by atoms with Crippen LogP contribution in [0.1, 0.15) is 22.6 Å². The molecule has 0 radical (unpaired) electrons. The topological polar surface area (TPSA) is 68.8 Å². The molecule has 0 amide bonds. The molecule has 4 aromatic heterocycles. The van der Waals surface area contributed by atoms with E-state index in [1.807, 2.05) is 24.3 Å². The predicted octanol–water partition coefficient (Wildman–Crippen LogP) is 3.70. The zero-order chi connectivity index (χ0) is 17.2. The fourth-order valence-corrected chi connectivity index (χ4v) is 3.04. The molecule has 0 saturated heterocycles. The minimum atomic E-state index is 0.657. The molecule has 0 spiro atoms. The molecule has 4 aromatic rings. The van der Waals surface area contributed by atoms with Gasteiger partial charge < -0.3 is 14.3 Å². The quantitative estimate of drug-likeness (QED) is 0.603. The maximum absolute atomic E-state index is 5.50. The van der Waals surface area contributed by atoms with Crippen LogP contribution in [-0.4, -0.2) is 19.5 Å². The largest absolute Gasteiger partial charge is 0.467 e. The van der Waals surface area contributed by atoms with Gasteiger partial charge in [-0.15, -0.1) is 0 Å². The fourth-order valence-electron chi connectivity index (χ4n) is 3.04. The highest BCUT2D eigenvalue weighted by atomic mass is 16.3. The number of pyridine rings is 1. The second-order valence-corrected chi connectivity index (χ2v) is 6.01. The van der Waals surface area contributed by atoms with Crippen molar-refractivity contribution < 1.29 is 4.42 Å². The second kappa shape index (κ2) is 6.39. The van der Waals surface area contributed by atoms with Crippen LogP contribution in [0.4, 0.5) is 5.82 Å². The van der Waals surface area contributed by atoms with Crippen molar-refractivity contribution >= 4 is 16.9 Å². The van der Waals surface area contributed by atoms with Gasteiger partial charge in [0.15, 0.2) is 0 Å². The van der Waals surface area contributed by atoms with Gasteiger partial charge >= 0.3 is 0 Å². The summed E-state index contributed by atoms with van der Waals surface area (Å²) < 4.78 is 7.67. The second-order valence-electron chi connectivity index (χ2n) is 6.01. The van der Waals surface area contributed by atoms with Crippen LogP contribution in [0.5, 0.6) is 0 Å². The molecule has 126 valence electrons. The van der Waals surface area contributed by atoms with Gasteiger partial charge in [-0.2, -0.15) is 0 Å². The zero-order valence-electron chi connectivity index (χ0n) is 14.2. The molecule has 0 aliphatic carbocycles. The Balaban J connectivity index is 1.71. The minimum Gasteiger partial charge on any atom is -0.467 e. The maximum atomic E-state index is 5.50. The number of fused-ring (bicyclic) bond motifs is 1. The van der Waals surface area contributed by atoms with E-state index in [9.17, 15) is 0 Å². The zero-order valence-corrected chi connectivity index (χ0v) is 14.2. The van der Waals surface area contributed by atoms with E-state index in [-0.39, 0.29) is 0 Å². The third-order valence-electron chi connectivity index (χ3n) is 4.51. The van der Waals surface area contributed by atoms with Gasteiger partial charge in [-0.25, -0.2) is 9.97 Å². The number of anilines is 1. The number of rotatable bonds is 5. The van der Waals surface area contributed by atoms with Crippen molar-refractivity contribution in [2.24, 2.45) is 0 Å². The lowest BCUT2D eigenvalue weighted by molar-refractivity contribution is 0.494. The summed E-state index contributed by atoms with van der Waals surface area (Å²) >= 11 is 0. The Morgan fingerprint density at radius 1 is 1.12 bits per heavy atom. The van der Waals surface area contributed by atoms with Gasteiger partial charge in [-0.3, -0.25) is 4.98 Å². The van der Waals surface area contributed by atoms with Crippen molar-refractivity contribution in [3.8, 4) is 0 Å². The summed E-state index contributed by atoms with van der Waals surface area (Å²) in [6.07, 6.45) is 6.89. The van der Waals surface area contributed by atoms with Crippen LogP contribution in [0, 0.1) is 13.8 Å². The first-order chi connectivity index (χ1) is 12.2. The lowest BCUT2D eigenvalue weighted by atomic mass is 10.2. The van der Waals surface area contributed by atoms with Gasteiger partial charge in [0.2, 0.25) is 0 Å². The van der Waals surface area contributed by atoms with Crippen LogP contribution in [0.25, 0.3) is 11.0 Å². The molecule has 0 saturated carbocycles. The first-order valence-electron chi connectivity index (χ1n) is 8.19. The fraction of sp³-hybridized carbons (Fsp3) is 0.211. The van der Waals surface area contributed by atoms with E-state index in [1.54, 1.807) is 25.0 Å². The van der Waals surface area contributed by atoms with E-state index in [0.29, 0.717) is 13.1 Å². The molecule has 0 aliphatic rings. The van der Waals surface area contributed by atoms with E-state index in [1.165, 1.54) is 11.3 Å². The smallest absolute Gasteiger partial charge is 0.146 e. The van der Waals surface area contributed by atoms with E-state index in [0.717, 1.165) is 28.2 Å². The van der Waals surface area contributed by atoms with E-state index in [4.69, 9.17) is 4.42 Å². The lowest BCUT2D eigenvalue weighted by Crippen LogP contribution is -2.04. The highest BCUT2D eigenvalue weighted by Gasteiger charge is 2.17. The Labute approximate surface area is 145 Å². The molecule has 0 unspecified atom stereocenters. The molecule has 0 fully saturated rings. The van der Waals surface area contributed by atoms with Gasteiger partial charge in [0.25, 0.3) is 0 Å². The third-order valence-corrected chi connectivity index (χ3v) is 4.51. The average Bonchev–Trinajstić information content (AvgIpc) is 3.24. The molecule has 0 atom stereocenters. The molecule has 0 aromatic carbocycles. The van der Waals surface area contributed by atoms with Crippen LogP contribution >= 0.6 is 0 Å². The number of hydrogen-bond donors (Lipinski definition) is 1. The Hall–Kier alpha value is -3.15. The molecule has 1 N–H and O–H groups in total. The SMILES string of the molecule is Cc1c(C)n(Cc2ccco2)c2ncnc(NCc3ccncc3)c12. The van der Waals surface area contributed by atoms with Crippen molar-refractivity contribution in [1.82, 2.24) is 19.5 Å². The van der Waals surface area contributed by atoms with Crippen molar-refractivity contribution in [2.45, 2.75) is 26.9 Å². The Bertz CT molecular complexity index is 990. The Morgan fingerprint density at radius 2 is 1.96 bits per heavy atom. The average molecular weight is 333 g/mol. The van der Waals surface area contributed by atoms with E-state index < -0.39 is 0 Å². The van der Waals surface area contributed by atoms with E-state index >= 15 is 0 Å². The first-order valence-corrected chi connectivity index (χ1v) is 8.19. The molecule has 6 heteroatoms. The highest BCUT2D eigenvalue weighted by Crippen LogP contribution is 2.29. The Morgan fingerprint density at radius 3 is 2.72 bits per heavy atom. The maximum Gasteiger partial charge on any atom is 0.146 e. The van der Waals surface area contributed by atoms with Gasteiger partial charge in [0.05, 0.1) is 18.2 Å². The van der Waals surface area contributed by atoms with Crippen LogP contribution in [0.3, 0.4) is 0 Å². The molecule has 25 heavy (non-hydrogen) atoms. The molecule has 0 aliphatic heterocycles. The van der Waals surface area contributed by atoms with Crippen molar-refractivity contribution in [3.05, 3.63) is 71.8 Å². The lowest BCUT2D eigenvalue weighted by Gasteiger charge is -2.08. The molecule has 4 heterocycles. The molecular weight excluding hydrogens is 314 g/mol. The number of aryl methyl sites for hydroxylation is 1. The summed E-state index contributed by atoms with van der Waals surface area (Å²) in [5.74, 6) is 1.76. The highest BCUT2D eigenvalue weighted by molar-refractivity contribution is 5.91. The van der Waals surface area contributed by atoms with Crippen LogP contribution in [0.2, 0.25) is 0 Å². The van der Waals surface area contributed by atoms with Crippen LogP contribution in [-0.2, 0) is 13.1 Å². The molecule has 4 rings (SSSR count). The number of aromatic nitrogens is 4. The number of hydrogen-bond acceptors (Lipinski definition) is 5. The van der Waals surface area contributed by atoms with Crippen molar-refractivity contribution in [1.29, 1.82) is 0 Å². The first kappa shape index (κ1) is 15.4. The number of furan rings is 1. The van der Waals surface area contributed by atoms with Crippen LogP contribution < -0.4 is 5.32 Å². The monoisotopic (exact) mass is 333 g/mol. The third kappa shape index (κ3) is 2.87. The summed E-state index contributed by atoms with van der Waals surface area (Å²) in [6, 6.07) is 7.86. The minimum absolute atomic E-state index is 0.657. The molecular formula is C19H19N5O. The Kier molecular flexibility index (Phi) is 3.93. The standard InChI is InChI=1S/C19H19N5O/c1-13-14(2)24(11-16-4-3-9-25-16)19-17(13)18(22-12-23-19)21-10-15-5-7-20-8-6-15/h3-9,12H,10-11H2,1-2H3,(H,21,22,23). The summed E-state index contributed by atoms with van der Waals surface area (Å²) in [7, 11) is 0. The van der Waals surface area contributed by atoms with Crippen molar-refractivity contribution in [3.63, 3.8) is 0 Å². The number of nitrogens with one attached hydrogen (secondary N) is 1. The van der Waals surface area contributed by atoms with Gasteiger partial charge in [-0.1, -0.05) is 0 Å². The summed E-state index contributed by atoms with van der Waals surface area (Å²) in [5, 5.41) is 4.48. The van der Waals surface area contributed by atoms with Crippen LogP contribution in [0.15, 0.2) is 53.7 Å². The normalized spacial score (nSPS) is 11.1. The van der Waals surface area contributed by atoms with Gasteiger partial charge in [-0.05, 0) is 49.2 Å². The van der Waals surface area contributed by atoms with E-state index in [2.05, 4.69) is 38.7 Å². The predicted molar refractivity (Wildman–Crippen MR) is 96.4 cm³/mol. The van der Waals surface area contributed by atoms with Gasteiger partial charge in [0.1, 0.15) is 23.6 Å². The summed E-state index contributed by atoms with van der Waals surface area (Å²) in [4.78, 5) is 13.0. The summed E-state index contributed by atoms with van der Waals surface area (Å²) in [6.45, 7) is 5.56.